The average Bonchev–Trinajstić information content (AvgIpc) is 3.97. The third-order valence-electron chi connectivity index (χ3n) is 10.4. The topological polar surface area (TPSA) is 232 Å². The first-order chi connectivity index (χ1) is 30.6. The molecule has 0 unspecified atom stereocenters. The van der Waals surface area contributed by atoms with E-state index in [1.54, 1.807) is 24.3 Å². The van der Waals surface area contributed by atoms with Crippen LogP contribution in [0.4, 0.5) is 0 Å². The number of carboxylic acids is 2. The first kappa shape index (κ1) is 44.5. The first-order valence-corrected chi connectivity index (χ1v) is 20.1. The monoisotopic (exact) mass is 864 g/mol. The van der Waals surface area contributed by atoms with Gasteiger partial charge in [-0.1, -0.05) is 95.4 Å². The molecule has 4 aromatic carbocycles. The smallest absolute Gasteiger partial charge is 0.328 e. The molecule has 1 aliphatic rings. The highest BCUT2D eigenvalue weighted by Gasteiger charge is 2.49. The van der Waals surface area contributed by atoms with Gasteiger partial charge < -0.3 is 48.8 Å². The average molecular weight is 865 g/mol. The molecule has 1 fully saturated rings. The van der Waals surface area contributed by atoms with Crippen LogP contribution < -0.4 is 0 Å². The second kappa shape index (κ2) is 21.5. The lowest BCUT2D eigenvalue weighted by Gasteiger charge is -2.45. The lowest BCUT2D eigenvalue weighted by atomic mass is 9.98. The molecule has 63 heavy (non-hydrogen) atoms. The summed E-state index contributed by atoms with van der Waals surface area (Å²) in [6, 6.07) is 29.4. The van der Waals surface area contributed by atoms with Gasteiger partial charge in [-0.05, 0) is 46.5 Å². The summed E-state index contributed by atoms with van der Waals surface area (Å²) in [6.45, 7) is 0.178. The Balaban J connectivity index is 1.15. The zero-order valence-electron chi connectivity index (χ0n) is 34.3. The van der Waals surface area contributed by atoms with Gasteiger partial charge in [-0.25, -0.2) is 19.0 Å². The fraction of sp³-hybridized carbons (Fsp3) is 0.333. The molecule has 6 aromatic rings. The van der Waals surface area contributed by atoms with Crippen molar-refractivity contribution in [2.24, 2.45) is 0 Å². The van der Waals surface area contributed by atoms with Gasteiger partial charge in [-0.2, -0.15) is 0 Å². The molecule has 0 amide bonds. The summed E-state index contributed by atoms with van der Waals surface area (Å²) < 4.78 is 40.8. The van der Waals surface area contributed by atoms with E-state index in [1.807, 2.05) is 60.7 Å². The van der Waals surface area contributed by atoms with Crippen molar-refractivity contribution in [2.75, 3.05) is 13.7 Å². The number of benzene rings is 4. The normalized spacial score (nSPS) is 19.7. The standard InChI is InChI=1S/C45H48N6O12/c1-58-45-42(60-25-32-10-6-3-7-11-32)41(62-27-34-23-51(49-47-34)38(44(56)57)21-30-14-18-36(53)19-15-30)40(39(63-45)28-59-24-31-8-4-2-5-9-31)61-26-33-22-50(48-46-33)37(43(54)55)20-29-12-16-35(52)17-13-29/h2-19,22-23,37-42,45,52-53H,20-21,24-28H2,1H3,(H,54,55)(H,56,57)/t37-,38-,39+,40+,41-,42+,45-/m0/s1. The number of nitrogens with zero attached hydrogens (tertiary/aromatic N) is 6. The van der Waals surface area contributed by atoms with E-state index in [9.17, 15) is 30.0 Å². The van der Waals surface area contributed by atoms with E-state index in [1.165, 1.54) is 53.1 Å². The van der Waals surface area contributed by atoms with Crippen molar-refractivity contribution in [1.82, 2.24) is 30.0 Å². The third-order valence-corrected chi connectivity index (χ3v) is 10.4. The van der Waals surface area contributed by atoms with Gasteiger partial charge in [0.25, 0.3) is 0 Å². The summed E-state index contributed by atoms with van der Waals surface area (Å²) in [4.78, 5) is 24.8. The minimum absolute atomic E-state index is 0.0405. The van der Waals surface area contributed by atoms with Crippen LogP contribution in [0.3, 0.4) is 0 Å². The molecule has 2 aromatic heterocycles. The van der Waals surface area contributed by atoms with Crippen LogP contribution in [0.1, 0.15) is 45.7 Å². The molecule has 0 aliphatic carbocycles. The van der Waals surface area contributed by atoms with Crippen LogP contribution in [0, 0.1) is 0 Å². The Hall–Kier alpha value is -6.54. The van der Waals surface area contributed by atoms with Crippen molar-refractivity contribution in [3.8, 4) is 11.5 Å². The maximum absolute atomic E-state index is 12.4. The van der Waals surface area contributed by atoms with E-state index in [-0.39, 0.29) is 57.4 Å². The SMILES string of the molecule is CO[C@H]1O[C@H](COCc2ccccc2)[C@@H](OCc2cn([C@@H](Cc3ccc(O)cc3)C(=O)O)nn2)[C@H](OCc2cn([C@@H](Cc3ccc(O)cc3)C(=O)O)nn2)[C@H]1OCc1ccccc1. The number of carbonyl (C=O) groups is 2. The number of phenolic OH excluding ortho intramolecular Hbond substituents is 2. The maximum atomic E-state index is 12.4. The molecule has 18 heteroatoms. The Kier molecular flexibility index (Phi) is 15.2. The van der Waals surface area contributed by atoms with Crippen molar-refractivity contribution in [3.05, 3.63) is 155 Å². The summed E-state index contributed by atoms with van der Waals surface area (Å²) >= 11 is 0. The minimum atomic E-state index is -1.12. The van der Waals surface area contributed by atoms with E-state index in [4.69, 9.17) is 28.4 Å². The van der Waals surface area contributed by atoms with Gasteiger partial charge in [-0.3, -0.25) is 0 Å². The van der Waals surface area contributed by atoms with Gasteiger partial charge in [0.05, 0.1) is 45.4 Å². The molecule has 4 N–H and O–H groups in total. The number of phenols is 2. The third kappa shape index (κ3) is 12.1. The van der Waals surface area contributed by atoms with E-state index in [0.717, 1.165) is 11.1 Å². The van der Waals surface area contributed by atoms with E-state index in [2.05, 4.69) is 20.6 Å². The van der Waals surface area contributed by atoms with E-state index in [0.29, 0.717) is 22.5 Å². The van der Waals surface area contributed by atoms with Gasteiger partial charge >= 0.3 is 11.9 Å². The molecule has 330 valence electrons. The largest absolute Gasteiger partial charge is 0.508 e. The maximum Gasteiger partial charge on any atom is 0.328 e. The number of rotatable bonds is 22. The van der Waals surface area contributed by atoms with Crippen molar-refractivity contribution < 1.29 is 58.4 Å². The Morgan fingerprint density at radius 2 is 1.06 bits per heavy atom. The quantitative estimate of drug-likeness (QED) is 0.0727. The zero-order valence-corrected chi connectivity index (χ0v) is 34.3. The van der Waals surface area contributed by atoms with Crippen molar-refractivity contribution in [1.29, 1.82) is 0 Å². The van der Waals surface area contributed by atoms with Crippen molar-refractivity contribution >= 4 is 11.9 Å². The van der Waals surface area contributed by atoms with E-state index < -0.39 is 54.7 Å². The van der Waals surface area contributed by atoms with Gasteiger partial charge in [0.1, 0.15) is 47.3 Å². The Bertz CT molecular complexity index is 2350. The molecule has 1 saturated heterocycles. The summed E-state index contributed by atoms with van der Waals surface area (Å²) in [5, 5.41) is 56.4. The van der Waals surface area contributed by atoms with Crippen LogP contribution in [0.2, 0.25) is 0 Å². The summed E-state index contributed by atoms with van der Waals surface area (Å²) in [5.74, 6) is -2.12. The van der Waals surface area contributed by atoms with Crippen LogP contribution in [-0.2, 0) is 77.3 Å². The second-order valence-electron chi connectivity index (χ2n) is 14.9. The number of aliphatic carboxylic acids is 2. The Labute approximate surface area is 362 Å². The zero-order chi connectivity index (χ0) is 44.1. The number of aromatic hydroxyl groups is 2. The van der Waals surface area contributed by atoms with Crippen LogP contribution in [-0.4, -0.2) is 107 Å². The summed E-state index contributed by atoms with van der Waals surface area (Å²) in [5.41, 5.74) is 3.82. The predicted octanol–water partition coefficient (Wildman–Crippen LogP) is 4.66. The fourth-order valence-electron chi connectivity index (χ4n) is 7.13. The highest BCUT2D eigenvalue weighted by atomic mass is 16.7. The molecule has 0 radical (unpaired) electrons. The molecule has 0 bridgehead atoms. The molecule has 7 rings (SSSR count). The second-order valence-corrected chi connectivity index (χ2v) is 14.9. The van der Waals surface area contributed by atoms with Crippen LogP contribution in [0.25, 0.3) is 0 Å². The predicted molar refractivity (Wildman–Crippen MR) is 221 cm³/mol. The number of hydrogen-bond acceptors (Lipinski definition) is 14. The highest BCUT2D eigenvalue weighted by molar-refractivity contribution is 5.72. The van der Waals surface area contributed by atoms with Gasteiger partial charge in [-0.15, -0.1) is 10.2 Å². The molecule has 0 spiro atoms. The summed E-state index contributed by atoms with van der Waals surface area (Å²) in [6.07, 6.45) is -1.33. The molecule has 7 atom stereocenters. The molecule has 0 saturated carbocycles. The number of ether oxygens (including phenoxy) is 6. The van der Waals surface area contributed by atoms with Gasteiger partial charge in [0, 0.05) is 20.0 Å². The van der Waals surface area contributed by atoms with Crippen LogP contribution in [0.15, 0.2) is 122 Å². The molecule has 3 heterocycles. The molecule has 1 aliphatic heterocycles. The minimum Gasteiger partial charge on any atom is -0.508 e. The first-order valence-electron chi connectivity index (χ1n) is 20.1. The number of hydrogen-bond donors (Lipinski definition) is 4. The van der Waals surface area contributed by atoms with E-state index >= 15 is 0 Å². The van der Waals surface area contributed by atoms with Crippen LogP contribution >= 0.6 is 0 Å². The molecular formula is C45H48N6O12. The van der Waals surface area contributed by atoms with Crippen LogP contribution in [0.5, 0.6) is 11.5 Å². The van der Waals surface area contributed by atoms with Crippen molar-refractivity contribution in [2.45, 2.75) is 82.1 Å². The molecular weight excluding hydrogens is 817 g/mol. The lowest BCUT2D eigenvalue weighted by Crippen LogP contribution is -2.61. The Morgan fingerprint density at radius 3 is 1.54 bits per heavy atom. The molecule has 18 nitrogen and oxygen atoms in total. The lowest BCUT2D eigenvalue weighted by molar-refractivity contribution is -0.323. The number of carboxylic acid groups (broad SMARTS) is 2. The number of aromatic nitrogens is 6. The Morgan fingerprint density at radius 1 is 0.603 bits per heavy atom. The number of methoxy groups -OCH3 is 1. The van der Waals surface area contributed by atoms with Gasteiger partial charge in [0.15, 0.2) is 18.4 Å². The highest BCUT2D eigenvalue weighted by Crippen LogP contribution is 2.31. The summed E-state index contributed by atoms with van der Waals surface area (Å²) in [7, 11) is 1.49. The van der Waals surface area contributed by atoms with Gasteiger partial charge in [0.2, 0.25) is 0 Å². The fourth-order valence-corrected chi connectivity index (χ4v) is 7.13. The van der Waals surface area contributed by atoms with Crippen molar-refractivity contribution in [3.63, 3.8) is 0 Å².